The fraction of sp³-hybridized carbons (Fsp3) is 0. The van der Waals surface area contributed by atoms with Gasteiger partial charge in [0.25, 0.3) is 0 Å². The molecule has 1 nitrogen and oxygen atoms in total. The van der Waals surface area contributed by atoms with Crippen molar-refractivity contribution in [1.82, 2.24) is 0 Å². The Morgan fingerprint density at radius 1 is 0.314 bits per heavy atom. The number of hydrogen-bond donors (Lipinski definition) is 0. The van der Waals surface area contributed by atoms with E-state index in [2.05, 4.69) is 36.4 Å². The maximum atomic E-state index is 9.30. The van der Waals surface area contributed by atoms with Crippen molar-refractivity contribution < 1.29 is 15.4 Å². The minimum Gasteiger partial charge on any atom is -0.456 e. The highest BCUT2D eigenvalue weighted by atomic mass is 16.3. The molecule has 0 aliphatic carbocycles. The average Bonchev–Trinajstić information content (AvgIpc) is 3.67. The molecule has 9 aromatic carbocycles. The molecule has 0 fully saturated rings. The van der Waals surface area contributed by atoms with Gasteiger partial charge < -0.3 is 4.42 Å². The lowest BCUT2D eigenvalue weighted by molar-refractivity contribution is 0.669. The highest BCUT2D eigenvalue weighted by molar-refractivity contribution is 6.22. The van der Waals surface area contributed by atoms with Crippen LogP contribution in [0.25, 0.3) is 99.1 Å². The largest absolute Gasteiger partial charge is 0.456 e. The molecule has 1 heterocycles. The van der Waals surface area contributed by atoms with Gasteiger partial charge in [0.2, 0.25) is 0 Å². The van der Waals surface area contributed by atoms with E-state index < -0.39 is 24.2 Å². The van der Waals surface area contributed by atoms with Gasteiger partial charge in [-0.15, -0.1) is 0 Å². The SMILES string of the molecule is [2H]c1c([2H])c([2H])c2c(-c3ccc(-c4ccc5oc6ccccc6c5c4-c4ccccc4-c4ccccc4)cc3)c3c([2H])c([2H])c([2H])c([2H])c3c(-c3ccccc3)c2c1[2H]. The van der Waals surface area contributed by atoms with E-state index in [-0.39, 0.29) is 45.7 Å². The van der Waals surface area contributed by atoms with E-state index in [1.54, 1.807) is 24.3 Å². The molecule has 0 unspecified atom stereocenters. The summed E-state index contributed by atoms with van der Waals surface area (Å²) in [5.74, 6) is 0. The van der Waals surface area contributed by atoms with Gasteiger partial charge in [-0.1, -0.05) is 182 Å². The molecular formula is C50H32O. The van der Waals surface area contributed by atoms with Gasteiger partial charge in [-0.3, -0.25) is 0 Å². The van der Waals surface area contributed by atoms with Crippen molar-refractivity contribution in [3.63, 3.8) is 0 Å². The highest BCUT2D eigenvalue weighted by Gasteiger charge is 2.21. The summed E-state index contributed by atoms with van der Waals surface area (Å²) in [4.78, 5) is 0. The van der Waals surface area contributed by atoms with Crippen molar-refractivity contribution in [2.45, 2.75) is 0 Å². The van der Waals surface area contributed by atoms with Gasteiger partial charge in [0.15, 0.2) is 0 Å². The fourth-order valence-electron chi connectivity index (χ4n) is 7.53. The summed E-state index contributed by atoms with van der Waals surface area (Å²) in [6, 6.07) is 44.5. The maximum Gasteiger partial charge on any atom is 0.136 e. The van der Waals surface area contributed by atoms with Crippen LogP contribution in [0.5, 0.6) is 0 Å². The minimum absolute atomic E-state index is 0.184. The molecule has 10 rings (SSSR count). The van der Waals surface area contributed by atoms with Crippen LogP contribution in [0.1, 0.15) is 11.0 Å². The molecule has 0 amide bonds. The van der Waals surface area contributed by atoms with Crippen LogP contribution < -0.4 is 0 Å². The Kier molecular flexibility index (Phi) is 5.21. The Bertz CT molecular complexity index is 3260. The molecule has 0 atom stereocenters. The molecule has 0 spiro atoms. The number of para-hydroxylation sites is 1. The summed E-state index contributed by atoms with van der Waals surface area (Å²) in [5.41, 5.74) is 9.25. The van der Waals surface area contributed by atoms with Crippen LogP contribution in [0.15, 0.2) is 198 Å². The minimum atomic E-state index is -0.429. The third-order valence-electron chi connectivity index (χ3n) is 9.75. The molecule has 0 saturated heterocycles. The molecule has 0 bridgehead atoms. The Hall–Kier alpha value is -6.70. The zero-order valence-electron chi connectivity index (χ0n) is 35.3. The van der Waals surface area contributed by atoms with Crippen molar-refractivity contribution in [1.29, 1.82) is 0 Å². The molecule has 238 valence electrons. The molecule has 1 aromatic heterocycles. The molecule has 0 aliphatic heterocycles. The average molecular weight is 657 g/mol. The van der Waals surface area contributed by atoms with Crippen molar-refractivity contribution in [2.75, 3.05) is 0 Å². The van der Waals surface area contributed by atoms with Gasteiger partial charge in [-0.05, 0) is 83.7 Å². The summed E-state index contributed by atoms with van der Waals surface area (Å²) in [7, 11) is 0. The van der Waals surface area contributed by atoms with E-state index in [1.807, 2.05) is 84.9 Å². The number of furan rings is 1. The lowest BCUT2D eigenvalue weighted by Gasteiger charge is -2.18. The van der Waals surface area contributed by atoms with Crippen LogP contribution in [0.4, 0.5) is 0 Å². The second kappa shape index (κ2) is 12.0. The third-order valence-corrected chi connectivity index (χ3v) is 9.75. The lowest BCUT2D eigenvalue weighted by Crippen LogP contribution is -1.92. The summed E-state index contributed by atoms with van der Waals surface area (Å²) >= 11 is 0. The van der Waals surface area contributed by atoms with Gasteiger partial charge in [-0.2, -0.15) is 0 Å². The van der Waals surface area contributed by atoms with Gasteiger partial charge in [0, 0.05) is 16.3 Å². The van der Waals surface area contributed by atoms with Gasteiger partial charge >= 0.3 is 0 Å². The lowest BCUT2D eigenvalue weighted by atomic mass is 9.84. The van der Waals surface area contributed by atoms with Crippen LogP contribution in [0.2, 0.25) is 0 Å². The quantitative estimate of drug-likeness (QED) is 0.168. The molecule has 0 saturated carbocycles. The van der Waals surface area contributed by atoms with Crippen molar-refractivity contribution in [3.05, 3.63) is 194 Å². The summed E-state index contributed by atoms with van der Waals surface area (Å²) in [6.07, 6.45) is 0. The molecular weight excluding hydrogens is 617 g/mol. The van der Waals surface area contributed by atoms with Gasteiger partial charge in [0.05, 0.1) is 11.0 Å². The first kappa shape index (κ1) is 22.1. The first-order valence-corrected chi connectivity index (χ1v) is 16.9. The molecule has 0 aliphatic rings. The van der Waals surface area contributed by atoms with E-state index in [0.29, 0.717) is 22.3 Å². The summed E-state index contributed by atoms with van der Waals surface area (Å²) in [5, 5.41) is 2.71. The third kappa shape index (κ3) is 4.78. The topological polar surface area (TPSA) is 13.1 Å². The molecule has 10 aromatic rings. The summed E-state index contributed by atoms with van der Waals surface area (Å²) < 4.78 is 78.4. The van der Waals surface area contributed by atoms with Crippen LogP contribution in [-0.2, 0) is 0 Å². The number of hydrogen-bond acceptors (Lipinski definition) is 1. The Labute approximate surface area is 307 Å². The maximum absolute atomic E-state index is 9.30. The van der Waals surface area contributed by atoms with Crippen molar-refractivity contribution in [2.24, 2.45) is 0 Å². The van der Waals surface area contributed by atoms with E-state index in [9.17, 15) is 5.48 Å². The Morgan fingerprint density at radius 3 is 1.41 bits per heavy atom. The smallest absolute Gasteiger partial charge is 0.136 e. The predicted molar refractivity (Wildman–Crippen MR) is 216 cm³/mol. The molecule has 1 heteroatoms. The van der Waals surface area contributed by atoms with Crippen LogP contribution >= 0.6 is 0 Å². The van der Waals surface area contributed by atoms with Gasteiger partial charge in [-0.25, -0.2) is 0 Å². The predicted octanol–water partition coefficient (Wildman–Crippen LogP) is 14.2. The zero-order chi connectivity index (χ0) is 40.7. The second-order valence-corrected chi connectivity index (χ2v) is 12.6. The van der Waals surface area contributed by atoms with Crippen LogP contribution in [0, 0.1) is 0 Å². The number of rotatable bonds is 5. The van der Waals surface area contributed by atoms with E-state index in [0.717, 1.165) is 55.3 Å². The summed E-state index contributed by atoms with van der Waals surface area (Å²) in [6.45, 7) is 0. The number of benzene rings is 9. The zero-order valence-corrected chi connectivity index (χ0v) is 27.3. The number of fused-ring (bicyclic) bond motifs is 5. The van der Waals surface area contributed by atoms with Crippen LogP contribution in [-0.4, -0.2) is 0 Å². The standard InChI is InChI=1S/C50H32O/c1-3-15-33(16-4-1)37-19-7-8-20-39(37)49-38(31-32-46-50(49)44-25-13-14-26-45(44)51-46)34-27-29-36(30-28-34)48-42-23-11-9-21-40(42)47(35-17-5-2-6-18-35)41-22-10-12-24-43(41)48/h1-32H/i9D,10D,11D,12D,21D,22D,23D,24D. The first-order chi connectivity index (χ1) is 28.7. The first-order valence-electron chi connectivity index (χ1n) is 20.9. The fourth-order valence-corrected chi connectivity index (χ4v) is 7.53. The Morgan fingerprint density at radius 2 is 0.784 bits per heavy atom. The highest BCUT2D eigenvalue weighted by Crippen LogP contribution is 2.47. The second-order valence-electron chi connectivity index (χ2n) is 12.6. The van der Waals surface area contributed by atoms with E-state index in [1.165, 1.54) is 0 Å². The molecule has 0 radical (unpaired) electrons. The van der Waals surface area contributed by atoms with Crippen LogP contribution in [0.3, 0.4) is 0 Å². The van der Waals surface area contributed by atoms with E-state index in [4.69, 9.17) is 9.90 Å². The van der Waals surface area contributed by atoms with E-state index >= 15 is 0 Å². The molecule has 0 N–H and O–H groups in total. The van der Waals surface area contributed by atoms with Gasteiger partial charge in [0.1, 0.15) is 11.2 Å². The van der Waals surface area contributed by atoms with Crippen molar-refractivity contribution in [3.8, 4) is 55.6 Å². The Balaban J connectivity index is 1.29. The monoisotopic (exact) mass is 656 g/mol. The normalized spacial score (nSPS) is 13.7. The van der Waals surface area contributed by atoms with Crippen molar-refractivity contribution >= 4 is 43.5 Å². The molecule has 51 heavy (non-hydrogen) atoms.